The van der Waals surface area contributed by atoms with Crippen LogP contribution < -0.4 is 15.2 Å². The number of benzene rings is 2. The highest BCUT2D eigenvalue weighted by Gasteiger charge is 2.34. The molecule has 2 aromatic carbocycles. The number of para-hydroxylation sites is 2. The molecule has 1 aliphatic heterocycles. The highest BCUT2D eigenvalue weighted by molar-refractivity contribution is 8.00. The van der Waals surface area contributed by atoms with Gasteiger partial charge in [0.15, 0.2) is 0 Å². The van der Waals surface area contributed by atoms with E-state index >= 15 is 0 Å². The van der Waals surface area contributed by atoms with Crippen LogP contribution in [-0.4, -0.2) is 6.41 Å². The number of ether oxygens (including phenoxy) is 2. The van der Waals surface area contributed by atoms with Crippen molar-refractivity contribution in [3.63, 3.8) is 0 Å². The second kappa shape index (κ2) is 4.67. The Kier molecular flexibility index (Phi) is 3.12. The van der Waals surface area contributed by atoms with Crippen molar-refractivity contribution in [1.82, 2.24) is 0 Å². The third kappa shape index (κ3) is 2.18. The molecular formula is C14H13NO2S2. The maximum atomic E-state index is 5.83. The summed E-state index contributed by atoms with van der Waals surface area (Å²) in [5.41, 5.74) is 7.51. The zero-order valence-corrected chi connectivity index (χ0v) is 11.8. The lowest BCUT2D eigenvalue weighted by Crippen LogP contribution is -2.36. The van der Waals surface area contributed by atoms with Gasteiger partial charge in [-0.15, -0.1) is 0 Å². The van der Waals surface area contributed by atoms with Gasteiger partial charge in [0.25, 0.3) is 6.41 Å². The minimum absolute atomic E-state index is 0.620. The second-order valence-corrected chi connectivity index (χ2v) is 5.96. The topological polar surface area (TPSA) is 44.5 Å². The fraction of sp³-hybridized carbons (Fsp3) is 0.143. The first-order valence-electron chi connectivity index (χ1n) is 5.81. The molecule has 0 saturated carbocycles. The Balaban J connectivity index is 2.25. The Morgan fingerprint density at radius 2 is 1.26 bits per heavy atom. The summed E-state index contributed by atoms with van der Waals surface area (Å²) in [4.78, 5) is 0. The van der Waals surface area contributed by atoms with Gasteiger partial charge >= 0.3 is 0 Å². The highest BCUT2D eigenvalue weighted by atomic mass is 32.2. The Labute approximate surface area is 122 Å². The van der Waals surface area contributed by atoms with Gasteiger partial charge in [0.05, 0.1) is 0 Å². The fourth-order valence-electron chi connectivity index (χ4n) is 2.13. The number of hydrogen-bond acceptors (Lipinski definition) is 5. The van der Waals surface area contributed by atoms with Crippen molar-refractivity contribution >= 4 is 25.3 Å². The molecule has 0 saturated heterocycles. The monoisotopic (exact) mass is 291 g/mol. The highest BCUT2D eigenvalue weighted by Crippen LogP contribution is 2.48. The SMILES string of the molecule is NC1Oc2ccccc2C(S)(S)c2ccccc2O1. The summed E-state index contributed by atoms with van der Waals surface area (Å²) >= 11 is 9.37. The van der Waals surface area contributed by atoms with E-state index in [1.54, 1.807) is 0 Å². The lowest BCUT2D eigenvalue weighted by atomic mass is 10.0. The van der Waals surface area contributed by atoms with Crippen LogP contribution in [0.25, 0.3) is 0 Å². The summed E-state index contributed by atoms with van der Waals surface area (Å²) in [5.74, 6) is 1.24. The molecule has 5 heteroatoms. The smallest absolute Gasteiger partial charge is 0.299 e. The van der Waals surface area contributed by atoms with E-state index in [2.05, 4.69) is 25.3 Å². The van der Waals surface area contributed by atoms with Crippen LogP contribution in [0.3, 0.4) is 0 Å². The minimum atomic E-state index is -0.861. The predicted octanol–water partition coefficient (Wildman–Crippen LogP) is 2.76. The summed E-state index contributed by atoms with van der Waals surface area (Å²) in [6, 6.07) is 15.1. The van der Waals surface area contributed by atoms with Gasteiger partial charge in [0, 0.05) is 11.1 Å². The lowest BCUT2D eigenvalue weighted by Gasteiger charge is -2.32. The number of fused-ring (bicyclic) bond motifs is 2. The quantitative estimate of drug-likeness (QED) is 0.516. The molecular weight excluding hydrogens is 278 g/mol. The average molecular weight is 291 g/mol. The van der Waals surface area contributed by atoms with Gasteiger partial charge in [-0.05, 0) is 12.1 Å². The van der Waals surface area contributed by atoms with Crippen molar-refractivity contribution in [1.29, 1.82) is 0 Å². The van der Waals surface area contributed by atoms with Crippen molar-refractivity contribution in [2.24, 2.45) is 5.73 Å². The Bertz CT molecular complexity index is 564. The molecule has 0 aliphatic carbocycles. The van der Waals surface area contributed by atoms with Crippen LogP contribution in [0.4, 0.5) is 0 Å². The predicted molar refractivity (Wildman–Crippen MR) is 80.9 cm³/mol. The fourth-order valence-corrected chi connectivity index (χ4v) is 2.87. The normalized spacial score (nSPS) is 17.2. The lowest BCUT2D eigenvalue weighted by molar-refractivity contribution is 0.00820. The van der Waals surface area contributed by atoms with Crippen LogP contribution >= 0.6 is 25.3 Å². The zero-order valence-electron chi connectivity index (χ0n) is 9.98. The standard InChI is InChI=1S/C14H13NO2S2/c15-13-16-11-7-3-1-5-9(11)14(18,19)10-6-2-4-8-12(10)17-13/h1-8,13,18-19H,15H2. The molecule has 0 unspecified atom stereocenters. The van der Waals surface area contributed by atoms with E-state index in [0.717, 1.165) is 11.1 Å². The van der Waals surface area contributed by atoms with Crippen molar-refractivity contribution in [2.75, 3.05) is 0 Å². The minimum Gasteiger partial charge on any atom is -0.442 e. The second-order valence-electron chi connectivity index (χ2n) is 4.27. The molecule has 1 aliphatic rings. The van der Waals surface area contributed by atoms with Crippen LogP contribution in [0.1, 0.15) is 11.1 Å². The molecule has 0 amide bonds. The average Bonchev–Trinajstić information content (AvgIpc) is 2.38. The van der Waals surface area contributed by atoms with Gasteiger partial charge < -0.3 is 9.47 Å². The van der Waals surface area contributed by atoms with Crippen molar-refractivity contribution in [3.8, 4) is 11.5 Å². The molecule has 0 bridgehead atoms. The van der Waals surface area contributed by atoms with Crippen molar-refractivity contribution in [2.45, 2.75) is 10.5 Å². The molecule has 0 radical (unpaired) electrons. The van der Waals surface area contributed by atoms with E-state index in [9.17, 15) is 0 Å². The van der Waals surface area contributed by atoms with Gasteiger partial charge in [-0.2, -0.15) is 25.3 Å². The van der Waals surface area contributed by atoms with Crippen LogP contribution in [0, 0.1) is 0 Å². The molecule has 2 aromatic rings. The molecule has 19 heavy (non-hydrogen) atoms. The van der Waals surface area contributed by atoms with Crippen LogP contribution in [0.5, 0.6) is 11.5 Å². The summed E-state index contributed by atoms with van der Waals surface area (Å²) in [7, 11) is 0. The van der Waals surface area contributed by atoms with Crippen LogP contribution in [0.15, 0.2) is 48.5 Å². The first-order chi connectivity index (χ1) is 9.09. The summed E-state index contributed by atoms with van der Waals surface area (Å²) < 4.78 is 10.4. The molecule has 0 aromatic heterocycles. The van der Waals surface area contributed by atoms with Gasteiger partial charge in [-0.1, -0.05) is 36.4 Å². The largest absolute Gasteiger partial charge is 0.442 e. The molecule has 98 valence electrons. The van der Waals surface area contributed by atoms with Gasteiger partial charge in [0.2, 0.25) is 0 Å². The third-order valence-electron chi connectivity index (χ3n) is 3.01. The Hall–Kier alpha value is -1.30. The maximum Gasteiger partial charge on any atom is 0.299 e. The molecule has 0 spiro atoms. The molecule has 1 heterocycles. The van der Waals surface area contributed by atoms with E-state index < -0.39 is 10.5 Å². The summed E-state index contributed by atoms with van der Waals surface area (Å²) in [6.07, 6.45) is -0.861. The van der Waals surface area contributed by atoms with Gasteiger partial charge in [-0.25, -0.2) is 0 Å². The van der Waals surface area contributed by atoms with Gasteiger partial charge in [0.1, 0.15) is 15.6 Å². The zero-order chi connectivity index (χ0) is 13.5. The number of rotatable bonds is 0. The molecule has 3 nitrogen and oxygen atoms in total. The van der Waals surface area contributed by atoms with Crippen molar-refractivity contribution in [3.05, 3.63) is 59.7 Å². The van der Waals surface area contributed by atoms with E-state index in [4.69, 9.17) is 15.2 Å². The number of hydrogen-bond donors (Lipinski definition) is 3. The van der Waals surface area contributed by atoms with Crippen molar-refractivity contribution < 1.29 is 9.47 Å². The van der Waals surface area contributed by atoms with E-state index in [-0.39, 0.29) is 0 Å². The summed E-state index contributed by atoms with van der Waals surface area (Å²) in [5, 5.41) is 0. The molecule has 0 atom stereocenters. The first-order valence-corrected chi connectivity index (χ1v) is 6.71. The van der Waals surface area contributed by atoms with Gasteiger partial charge in [-0.3, -0.25) is 5.73 Å². The molecule has 3 rings (SSSR count). The Morgan fingerprint density at radius 3 is 1.74 bits per heavy atom. The molecule has 0 fully saturated rings. The van der Waals surface area contributed by atoms with E-state index in [0.29, 0.717) is 11.5 Å². The third-order valence-corrected chi connectivity index (χ3v) is 3.98. The van der Waals surface area contributed by atoms with Crippen LogP contribution in [0.2, 0.25) is 0 Å². The summed E-state index contributed by atoms with van der Waals surface area (Å²) in [6.45, 7) is 0. The van der Waals surface area contributed by atoms with E-state index in [1.807, 2.05) is 48.5 Å². The van der Waals surface area contributed by atoms with E-state index in [1.165, 1.54) is 0 Å². The number of thiol groups is 2. The Morgan fingerprint density at radius 1 is 0.842 bits per heavy atom. The maximum absolute atomic E-state index is 5.83. The molecule has 2 N–H and O–H groups in total. The number of nitrogens with two attached hydrogens (primary N) is 1. The van der Waals surface area contributed by atoms with Crippen LogP contribution in [-0.2, 0) is 4.08 Å². The first kappa shape index (κ1) is 12.7.